The zero-order valence-corrected chi connectivity index (χ0v) is 11.3. The minimum Gasteiger partial charge on any atom is -0.345 e. The molecule has 1 aliphatic heterocycles. The molecule has 0 saturated carbocycles. The van der Waals surface area contributed by atoms with Gasteiger partial charge in [0.1, 0.15) is 0 Å². The van der Waals surface area contributed by atoms with Gasteiger partial charge in [-0.05, 0) is 37.8 Å². The van der Waals surface area contributed by atoms with E-state index < -0.39 is 0 Å². The molecule has 1 fully saturated rings. The zero-order valence-electron chi connectivity index (χ0n) is 10.5. The van der Waals surface area contributed by atoms with E-state index in [-0.39, 0.29) is 5.92 Å². The summed E-state index contributed by atoms with van der Waals surface area (Å²) in [5, 5.41) is 5.41. The van der Waals surface area contributed by atoms with E-state index in [1.807, 2.05) is 11.9 Å². The summed E-state index contributed by atoms with van der Waals surface area (Å²) in [6, 6.07) is 4.51. The molecule has 0 spiro atoms. The third kappa shape index (κ3) is 3.07. The van der Waals surface area contributed by atoms with Crippen LogP contribution < -0.4 is 5.32 Å². The Bertz CT molecular complexity index is 364. The second kappa shape index (κ2) is 5.65. The molecule has 1 aliphatic rings. The molecular weight excluding hydrogens is 232 g/mol. The van der Waals surface area contributed by atoms with Crippen molar-refractivity contribution < 1.29 is 4.79 Å². The summed E-state index contributed by atoms with van der Waals surface area (Å²) in [6.07, 6.45) is 1.94. The number of rotatable bonds is 4. The third-order valence-electron chi connectivity index (χ3n) is 3.49. The standard InChI is InChI=1S/C13H20N2OS/c1-10-12(5-7-14-10)13(16)15(2)8-6-11-4-3-9-17-11/h3-4,9-10,12,14H,5-8H2,1-2H3. The number of carbonyl (C=O) groups excluding carboxylic acids is 1. The van der Waals surface area contributed by atoms with Gasteiger partial charge < -0.3 is 10.2 Å². The van der Waals surface area contributed by atoms with Crippen molar-refractivity contribution in [3.63, 3.8) is 0 Å². The van der Waals surface area contributed by atoms with Crippen LogP contribution in [0, 0.1) is 5.92 Å². The summed E-state index contributed by atoms with van der Waals surface area (Å²) in [5.41, 5.74) is 0. The number of carbonyl (C=O) groups is 1. The molecular formula is C13H20N2OS. The molecule has 4 heteroatoms. The maximum atomic E-state index is 12.2. The molecule has 2 unspecified atom stereocenters. The summed E-state index contributed by atoms with van der Waals surface area (Å²) in [4.78, 5) is 15.4. The summed E-state index contributed by atoms with van der Waals surface area (Å²) in [5.74, 6) is 0.461. The van der Waals surface area contributed by atoms with E-state index in [0.717, 1.165) is 25.9 Å². The highest BCUT2D eigenvalue weighted by atomic mass is 32.1. The van der Waals surface area contributed by atoms with Gasteiger partial charge in [0.2, 0.25) is 5.91 Å². The van der Waals surface area contributed by atoms with Crippen LogP contribution in [0.1, 0.15) is 18.2 Å². The number of nitrogens with one attached hydrogen (secondary N) is 1. The SMILES string of the molecule is CC1NCCC1C(=O)N(C)CCc1cccs1. The van der Waals surface area contributed by atoms with Crippen molar-refractivity contribution in [1.29, 1.82) is 0 Å². The maximum absolute atomic E-state index is 12.2. The van der Waals surface area contributed by atoms with Crippen molar-refractivity contribution in [2.45, 2.75) is 25.8 Å². The molecule has 2 atom stereocenters. The molecule has 0 aliphatic carbocycles. The Morgan fingerprint density at radius 3 is 3.06 bits per heavy atom. The second-order valence-electron chi connectivity index (χ2n) is 4.73. The molecule has 94 valence electrons. The first-order chi connectivity index (χ1) is 8.18. The second-order valence-corrected chi connectivity index (χ2v) is 5.76. The van der Waals surface area contributed by atoms with Crippen molar-refractivity contribution >= 4 is 17.2 Å². The largest absolute Gasteiger partial charge is 0.345 e. The smallest absolute Gasteiger partial charge is 0.227 e. The van der Waals surface area contributed by atoms with Crippen molar-refractivity contribution in [2.75, 3.05) is 20.1 Å². The number of thiophene rings is 1. The quantitative estimate of drug-likeness (QED) is 0.885. The van der Waals surface area contributed by atoms with Gasteiger partial charge in [-0.1, -0.05) is 6.07 Å². The molecule has 2 heterocycles. The summed E-state index contributed by atoms with van der Waals surface area (Å²) in [6.45, 7) is 3.89. The lowest BCUT2D eigenvalue weighted by molar-refractivity contribution is -0.134. The van der Waals surface area contributed by atoms with Gasteiger partial charge in [0.15, 0.2) is 0 Å². The highest BCUT2D eigenvalue weighted by Gasteiger charge is 2.31. The predicted octanol–water partition coefficient (Wildman–Crippen LogP) is 1.75. The fourth-order valence-electron chi connectivity index (χ4n) is 2.32. The van der Waals surface area contributed by atoms with Crippen molar-refractivity contribution in [1.82, 2.24) is 10.2 Å². The highest BCUT2D eigenvalue weighted by molar-refractivity contribution is 7.09. The van der Waals surface area contributed by atoms with Crippen LogP contribution in [0.5, 0.6) is 0 Å². The molecule has 0 bridgehead atoms. The summed E-state index contributed by atoms with van der Waals surface area (Å²) >= 11 is 1.76. The monoisotopic (exact) mass is 252 g/mol. The van der Waals surface area contributed by atoms with E-state index in [0.29, 0.717) is 11.9 Å². The van der Waals surface area contributed by atoms with Crippen LogP contribution in [-0.4, -0.2) is 37.0 Å². The molecule has 17 heavy (non-hydrogen) atoms. The van der Waals surface area contributed by atoms with E-state index in [1.165, 1.54) is 4.88 Å². The average molecular weight is 252 g/mol. The van der Waals surface area contributed by atoms with Gasteiger partial charge in [0.25, 0.3) is 0 Å². The lowest BCUT2D eigenvalue weighted by Crippen LogP contribution is -2.38. The van der Waals surface area contributed by atoms with Crippen LogP contribution in [0.2, 0.25) is 0 Å². The van der Waals surface area contributed by atoms with Crippen molar-refractivity contribution in [3.05, 3.63) is 22.4 Å². The molecule has 1 N–H and O–H groups in total. The number of likely N-dealkylation sites (N-methyl/N-ethyl adjacent to an activating group) is 1. The van der Waals surface area contributed by atoms with Gasteiger partial charge in [0, 0.05) is 24.5 Å². The fourth-order valence-corrected chi connectivity index (χ4v) is 3.02. The predicted molar refractivity (Wildman–Crippen MR) is 71.2 cm³/mol. The van der Waals surface area contributed by atoms with E-state index >= 15 is 0 Å². The van der Waals surface area contributed by atoms with Crippen LogP contribution >= 0.6 is 11.3 Å². The van der Waals surface area contributed by atoms with Gasteiger partial charge in [-0.25, -0.2) is 0 Å². The molecule has 3 nitrogen and oxygen atoms in total. The number of nitrogens with zero attached hydrogens (tertiary/aromatic N) is 1. The number of amides is 1. The minimum absolute atomic E-state index is 0.170. The van der Waals surface area contributed by atoms with Gasteiger partial charge in [-0.2, -0.15) is 0 Å². The molecule has 2 rings (SSSR count). The molecule has 1 amide bonds. The third-order valence-corrected chi connectivity index (χ3v) is 4.43. The Balaban J connectivity index is 1.83. The average Bonchev–Trinajstić information content (AvgIpc) is 2.95. The molecule has 1 aromatic rings. The number of hydrogen-bond donors (Lipinski definition) is 1. The van der Waals surface area contributed by atoms with E-state index in [9.17, 15) is 4.79 Å². The van der Waals surface area contributed by atoms with Gasteiger partial charge in [-0.3, -0.25) is 4.79 Å². The molecule has 1 aromatic heterocycles. The van der Waals surface area contributed by atoms with Crippen LogP contribution in [0.3, 0.4) is 0 Å². The first kappa shape index (κ1) is 12.6. The minimum atomic E-state index is 0.170. The lowest BCUT2D eigenvalue weighted by atomic mass is 10.0. The first-order valence-corrected chi connectivity index (χ1v) is 7.07. The Morgan fingerprint density at radius 1 is 1.65 bits per heavy atom. The molecule has 0 aromatic carbocycles. The topological polar surface area (TPSA) is 32.3 Å². The Hall–Kier alpha value is -0.870. The Labute approximate surface area is 107 Å². The lowest BCUT2D eigenvalue weighted by Gasteiger charge is -2.23. The van der Waals surface area contributed by atoms with Crippen molar-refractivity contribution in [2.24, 2.45) is 5.92 Å². The van der Waals surface area contributed by atoms with Gasteiger partial charge >= 0.3 is 0 Å². The van der Waals surface area contributed by atoms with Crippen LogP contribution in [0.15, 0.2) is 17.5 Å². The van der Waals surface area contributed by atoms with Crippen LogP contribution in [-0.2, 0) is 11.2 Å². The number of hydrogen-bond acceptors (Lipinski definition) is 3. The van der Waals surface area contributed by atoms with E-state index in [4.69, 9.17) is 0 Å². The zero-order chi connectivity index (χ0) is 12.3. The fraction of sp³-hybridized carbons (Fsp3) is 0.615. The normalized spacial score (nSPS) is 23.9. The summed E-state index contributed by atoms with van der Waals surface area (Å²) < 4.78 is 0. The van der Waals surface area contributed by atoms with Crippen LogP contribution in [0.4, 0.5) is 0 Å². The highest BCUT2D eigenvalue weighted by Crippen LogP contribution is 2.18. The molecule has 1 saturated heterocycles. The summed E-state index contributed by atoms with van der Waals surface area (Å²) in [7, 11) is 1.92. The maximum Gasteiger partial charge on any atom is 0.227 e. The first-order valence-electron chi connectivity index (χ1n) is 6.19. The van der Waals surface area contributed by atoms with Crippen LogP contribution in [0.25, 0.3) is 0 Å². The van der Waals surface area contributed by atoms with E-state index in [2.05, 4.69) is 29.8 Å². The molecule has 0 radical (unpaired) electrons. The van der Waals surface area contributed by atoms with E-state index in [1.54, 1.807) is 11.3 Å². The van der Waals surface area contributed by atoms with Gasteiger partial charge in [0.05, 0.1) is 5.92 Å². The van der Waals surface area contributed by atoms with Gasteiger partial charge in [-0.15, -0.1) is 11.3 Å². The van der Waals surface area contributed by atoms with Crippen molar-refractivity contribution in [3.8, 4) is 0 Å². The Morgan fingerprint density at radius 2 is 2.47 bits per heavy atom. The Kier molecular flexibility index (Phi) is 4.18.